The zero-order chi connectivity index (χ0) is 15.5. The van der Waals surface area contributed by atoms with E-state index in [-0.39, 0.29) is 5.54 Å². The molecule has 0 fully saturated rings. The molecule has 1 aromatic heterocycles. The number of nitrogens with zero attached hydrogens (tertiary/aromatic N) is 1. The van der Waals surface area contributed by atoms with Crippen molar-refractivity contribution in [1.29, 1.82) is 0 Å². The van der Waals surface area contributed by atoms with Crippen LogP contribution in [0, 0.1) is 0 Å². The number of rotatable bonds is 4. The largest absolute Gasteiger partial charge is 0.457 e. The summed E-state index contributed by atoms with van der Waals surface area (Å²) in [7, 11) is 0. The van der Waals surface area contributed by atoms with Crippen LogP contribution in [0.1, 0.15) is 26.5 Å². The van der Waals surface area contributed by atoms with Crippen molar-refractivity contribution < 1.29 is 4.74 Å². The van der Waals surface area contributed by atoms with Crippen LogP contribution < -0.4 is 10.1 Å². The van der Waals surface area contributed by atoms with Gasteiger partial charge in [-0.05, 0) is 39.0 Å². The molecule has 0 aliphatic rings. The Labute approximate surface area is 135 Å². The lowest BCUT2D eigenvalue weighted by molar-refractivity contribution is 0.419. The average Bonchev–Trinajstić information content (AvgIpc) is 2.40. The van der Waals surface area contributed by atoms with E-state index < -0.39 is 0 Å². The Morgan fingerprint density at radius 2 is 1.76 bits per heavy atom. The fourth-order valence-corrected chi connectivity index (χ4v) is 1.94. The maximum Gasteiger partial charge on any atom is 0.130 e. The van der Waals surface area contributed by atoms with Gasteiger partial charge < -0.3 is 10.1 Å². The molecule has 2 aromatic rings. The minimum Gasteiger partial charge on any atom is -0.457 e. The summed E-state index contributed by atoms with van der Waals surface area (Å²) in [5, 5.41) is 4.37. The molecule has 1 aromatic carbocycles. The third-order valence-electron chi connectivity index (χ3n) is 2.71. The second kappa shape index (κ2) is 6.65. The summed E-state index contributed by atoms with van der Waals surface area (Å²) in [5.74, 6) is 1.36. The van der Waals surface area contributed by atoms with Crippen molar-refractivity contribution in [3.63, 3.8) is 0 Å². The molecule has 0 radical (unpaired) electrons. The maximum absolute atomic E-state index is 5.98. The van der Waals surface area contributed by atoms with Gasteiger partial charge in [-0.2, -0.15) is 0 Å². The number of hydrogen-bond acceptors (Lipinski definition) is 3. The van der Waals surface area contributed by atoms with Gasteiger partial charge in [0.25, 0.3) is 0 Å². The molecular formula is C16H18Cl2N2O. The molecule has 112 valence electrons. The molecule has 21 heavy (non-hydrogen) atoms. The molecule has 0 aliphatic heterocycles. The van der Waals surface area contributed by atoms with Gasteiger partial charge in [0.2, 0.25) is 0 Å². The molecule has 0 atom stereocenters. The maximum atomic E-state index is 5.98. The van der Waals surface area contributed by atoms with E-state index in [2.05, 4.69) is 31.1 Å². The molecule has 2 rings (SSSR count). The summed E-state index contributed by atoms with van der Waals surface area (Å²) in [6.45, 7) is 7.03. The van der Waals surface area contributed by atoms with E-state index in [0.717, 1.165) is 5.69 Å². The number of aromatic nitrogens is 1. The standard InChI is InChI=1S/C16H18Cl2N2O/c1-16(2,3)20-10-11-8-13(6-7-19-11)21-12-4-5-14(17)15(18)9-12/h4-9,20H,10H2,1-3H3. The van der Waals surface area contributed by atoms with Gasteiger partial charge in [-0.25, -0.2) is 0 Å². The van der Waals surface area contributed by atoms with Crippen LogP contribution >= 0.6 is 23.2 Å². The zero-order valence-electron chi connectivity index (χ0n) is 12.3. The molecule has 0 saturated heterocycles. The summed E-state index contributed by atoms with van der Waals surface area (Å²) in [4.78, 5) is 4.33. The fourth-order valence-electron chi connectivity index (χ4n) is 1.65. The van der Waals surface area contributed by atoms with Crippen LogP contribution in [-0.2, 0) is 6.54 Å². The van der Waals surface area contributed by atoms with Crippen molar-refractivity contribution in [3.05, 3.63) is 52.3 Å². The van der Waals surface area contributed by atoms with Crippen molar-refractivity contribution in [2.24, 2.45) is 0 Å². The van der Waals surface area contributed by atoms with E-state index in [4.69, 9.17) is 27.9 Å². The highest BCUT2D eigenvalue weighted by molar-refractivity contribution is 6.42. The number of nitrogens with one attached hydrogen (secondary N) is 1. The van der Waals surface area contributed by atoms with E-state index in [9.17, 15) is 0 Å². The third kappa shape index (κ3) is 5.20. The summed E-state index contributed by atoms with van der Waals surface area (Å²) in [6.07, 6.45) is 1.73. The van der Waals surface area contributed by atoms with Crippen LogP contribution in [0.3, 0.4) is 0 Å². The number of pyridine rings is 1. The number of halogens is 2. The molecule has 0 amide bonds. The van der Waals surface area contributed by atoms with Gasteiger partial charge in [0.1, 0.15) is 11.5 Å². The van der Waals surface area contributed by atoms with Crippen molar-refractivity contribution in [3.8, 4) is 11.5 Å². The van der Waals surface area contributed by atoms with Crippen molar-refractivity contribution in [1.82, 2.24) is 10.3 Å². The van der Waals surface area contributed by atoms with Crippen molar-refractivity contribution >= 4 is 23.2 Å². The van der Waals surface area contributed by atoms with Crippen LogP contribution in [-0.4, -0.2) is 10.5 Å². The number of benzene rings is 1. The Bertz CT molecular complexity index is 624. The van der Waals surface area contributed by atoms with Crippen LogP contribution in [0.15, 0.2) is 36.5 Å². The molecule has 0 saturated carbocycles. The first-order chi connectivity index (χ1) is 9.83. The highest BCUT2D eigenvalue weighted by atomic mass is 35.5. The second-order valence-electron chi connectivity index (χ2n) is 5.76. The lowest BCUT2D eigenvalue weighted by Crippen LogP contribution is -2.35. The second-order valence-corrected chi connectivity index (χ2v) is 6.58. The smallest absolute Gasteiger partial charge is 0.130 e. The van der Waals surface area contributed by atoms with Crippen LogP contribution in [0.25, 0.3) is 0 Å². The van der Waals surface area contributed by atoms with Gasteiger partial charge in [0.15, 0.2) is 0 Å². The quantitative estimate of drug-likeness (QED) is 0.852. The van der Waals surface area contributed by atoms with Crippen LogP contribution in [0.2, 0.25) is 10.0 Å². The van der Waals surface area contributed by atoms with E-state index in [0.29, 0.717) is 28.1 Å². The SMILES string of the molecule is CC(C)(C)NCc1cc(Oc2ccc(Cl)c(Cl)c2)ccn1. The van der Waals surface area contributed by atoms with Crippen LogP contribution in [0.4, 0.5) is 0 Å². The minimum atomic E-state index is 0.0439. The van der Waals surface area contributed by atoms with Crippen molar-refractivity contribution in [2.45, 2.75) is 32.9 Å². The molecule has 3 nitrogen and oxygen atoms in total. The average molecular weight is 325 g/mol. The summed E-state index contributed by atoms with van der Waals surface area (Å²) in [6, 6.07) is 8.89. The molecule has 0 spiro atoms. The monoisotopic (exact) mass is 324 g/mol. The van der Waals surface area contributed by atoms with E-state index in [1.165, 1.54) is 0 Å². The van der Waals surface area contributed by atoms with Gasteiger partial charge in [-0.1, -0.05) is 23.2 Å². The Kier molecular flexibility index (Phi) is 5.09. The normalized spacial score (nSPS) is 11.5. The molecule has 5 heteroatoms. The molecule has 1 N–H and O–H groups in total. The van der Waals surface area contributed by atoms with Gasteiger partial charge in [0.05, 0.1) is 15.7 Å². The highest BCUT2D eigenvalue weighted by Gasteiger charge is 2.09. The van der Waals surface area contributed by atoms with Gasteiger partial charge in [-0.15, -0.1) is 0 Å². The third-order valence-corrected chi connectivity index (χ3v) is 3.45. The van der Waals surface area contributed by atoms with Gasteiger partial charge in [-0.3, -0.25) is 4.98 Å². The Morgan fingerprint density at radius 3 is 2.43 bits per heavy atom. The molecular weight excluding hydrogens is 307 g/mol. The first-order valence-electron chi connectivity index (χ1n) is 6.66. The molecule has 1 heterocycles. The number of hydrogen-bond donors (Lipinski definition) is 1. The van der Waals surface area contributed by atoms with Gasteiger partial charge >= 0.3 is 0 Å². The highest BCUT2D eigenvalue weighted by Crippen LogP contribution is 2.29. The van der Waals surface area contributed by atoms with Gasteiger partial charge in [0, 0.05) is 30.4 Å². The summed E-state index contributed by atoms with van der Waals surface area (Å²) < 4.78 is 5.78. The molecule has 0 unspecified atom stereocenters. The topological polar surface area (TPSA) is 34.1 Å². The Morgan fingerprint density at radius 1 is 1.05 bits per heavy atom. The van der Waals surface area contributed by atoms with Crippen molar-refractivity contribution in [2.75, 3.05) is 0 Å². The fraction of sp³-hybridized carbons (Fsp3) is 0.312. The predicted octanol–water partition coefficient (Wildman–Crippen LogP) is 5.07. The van der Waals surface area contributed by atoms with Crippen LogP contribution in [0.5, 0.6) is 11.5 Å². The lowest BCUT2D eigenvalue weighted by atomic mass is 10.1. The first kappa shape index (κ1) is 16.1. The first-order valence-corrected chi connectivity index (χ1v) is 7.42. The zero-order valence-corrected chi connectivity index (χ0v) is 13.8. The molecule has 0 bridgehead atoms. The lowest BCUT2D eigenvalue weighted by Gasteiger charge is -2.20. The molecule has 0 aliphatic carbocycles. The summed E-state index contributed by atoms with van der Waals surface area (Å²) in [5.41, 5.74) is 0.963. The Balaban J connectivity index is 2.08. The number of ether oxygens (including phenoxy) is 1. The predicted molar refractivity (Wildman–Crippen MR) is 87.4 cm³/mol. The van der Waals surface area contributed by atoms with E-state index >= 15 is 0 Å². The minimum absolute atomic E-state index is 0.0439. The Hall–Kier alpha value is -1.29. The van der Waals surface area contributed by atoms with E-state index in [1.807, 2.05) is 12.1 Å². The summed E-state index contributed by atoms with van der Waals surface area (Å²) >= 11 is 11.9. The van der Waals surface area contributed by atoms with E-state index in [1.54, 1.807) is 24.4 Å².